The van der Waals surface area contributed by atoms with E-state index in [1.165, 1.54) is 11.1 Å². The van der Waals surface area contributed by atoms with Gasteiger partial charge in [0.15, 0.2) is 6.61 Å². The van der Waals surface area contributed by atoms with Gasteiger partial charge in [0.2, 0.25) is 0 Å². The number of aryl methyl sites for hydroxylation is 1. The zero-order valence-corrected chi connectivity index (χ0v) is 11.6. The number of fused-ring (bicyclic) bond motifs is 2. The van der Waals surface area contributed by atoms with Crippen molar-refractivity contribution in [3.63, 3.8) is 0 Å². The number of ether oxygens (including phenoxy) is 1. The van der Waals surface area contributed by atoms with Gasteiger partial charge in [-0.1, -0.05) is 24.3 Å². The molecule has 0 spiro atoms. The Morgan fingerprint density at radius 3 is 3.05 bits per heavy atom. The molecule has 0 bridgehead atoms. The minimum absolute atomic E-state index is 0.0930. The first-order valence-corrected chi connectivity index (χ1v) is 7.21. The third-order valence-electron chi connectivity index (χ3n) is 4.09. The summed E-state index contributed by atoms with van der Waals surface area (Å²) >= 11 is 0. The van der Waals surface area contributed by atoms with Crippen molar-refractivity contribution >= 4 is 17.3 Å². The van der Waals surface area contributed by atoms with E-state index in [-0.39, 0.29) is 12.5 Å². The molecule has 1 amide bonds. The van der Waals surface area contributed by atoms with Crippen LogP contribution >= 0.6 is 0 Å². The molecule has 2 aromatic carbocycles. The molecule has 0 saturated heterocycles. The van der Waals surface area contributed by atoms with E-state index in [4.69, 9.17) is 4.74 Å². The Morgan fingerprint density at radius 2 is 2.10 bits per heavy atom. The van der Waals surface area contributed by atoms with Crippen LogP contribution in [0.25, 0.3) is 0 Å². The van der Waals surface area contributed by atoms with Crippen LogP contribution < -0.4 is 15.4 Å². The van der Waals surface area contributed by atoms with Crippen LogP contribution in [0.2, 0.25) is 0 Å². The van der Waals surface area contributed by atoms with E-state index in [0.717, 1.165) is 30.0 Å². The summed E-state index contributed by atoms with van der Waals surface area (Å²) in [4.78, 5) is 11.4. The van der Waals surface area contributed by atoms with E-state index in [1.807, 2.05) is 18.2 Å². The van der Waals surface area contributed by atoms with Gasteiger partial charge in [-0.05, 0) is 42.2 Å². The standard InChI is InChI=1S/C17H16N2O2/c20-17-10-21-16-8-6-12(9-15(16)19-17)18-14-7-5-11-3-1-2-4-13(11)14/h1-4,6,8-9,14,18H,5,7,10H2,(H,19,20). The molecule has 0 saturated carbocycles. The number of carbonyl (C=O) groups excluding carboxylic acids is 1. The average Bonchev–Trinajstić information content (AvgIpc) is 2.90. The average molecular weight is 280 g/mol. The molecule has 1 aliphatic heterocycles. The summed E-state index contributed by atoms with van der Waals surface area (Å²) in [5.74, 6) is 0.623. The van der Waals surface area contributed by atoms with Crippen LogP contribution in [-0.4, -0.2) is 12.5 Å². The largest absolute Gasteiger partial charge is 0.482 e. The van der Waals surface area contributed by atoms with Gasteiger partial charge in [-0.15, -0.1) is 0 Å². The predicted octanol–water partition coefficient (Wildman–Crippen LogP) is 3.12. The number of hydrogen-bond donors (Lipinski definition) is 2. The van der Waals surface area contributed by atoms with Crippen LogP contribution in [-0.2, 0) is 11.2 Å². The topological polar surface area (TPSA) is 50.4 Å². The van der Waals surface area contributed by atoms with Crippen molar-refractivity contribution in [2.45, 2.75) is 18.9 Å². The SMILES string of the molecule is O=C1COc2ccc(NC3CCc4ccccc43)cc2N1. The van der Waals surface area contributed by atoms with E-state index in [2.05, 4.69) is 34.9 Å². The zero-order valence-electron chi connectivity index (χ0n) is 11.6. The van der Waals surface area contributed by atoms with E-state index >= 15 is 0 Å². The minimum atomic E-state index is -0.106. The summed E-state index contributed by atoms with van der Waals surface area (Å²) in [6, 6.07) is 14.7. The van der Waals surface area contributed by atoms with Gasteiger partial charge >= 0.3 is 0 Å². The van der Waals surface area contributed by atoms with Gasteiger partial charge in [-0.25, -0.2) is 0 Å². The second-order valence-electron chi connectivity index (χ2n) is 5.48. The van der Waals surface area contributed by atoms with Gasteiger partial charge in [-0.3, -0.25) is 4.79 Å². The third-order valence-corrected chi connectivity index (χ3v) is 4.09. The Bertz CT molecular complexity index is 712. The minimum Gasteiger partial charge on any atom is -0.482 e. The first kappa shape index (κ1) is 12.3. The predicted molar refractivity (Wildman–Crippen MR) is 81.7 cm³/mol. The maximum absolute atomic E-state index is 11.4. The van der Waals surface area contributed by atoms with Crippen molar-refractivity contribution < 1.29 is 9.53 Å². The maximum Gasteiger partial charge on any atom is 0.262 e. The van der Waals surface area contributed by atoms with Gasteiger partial charge in [0.05, 0.1) is 11.7 Å². The quantitative estimate of drug-likeness (QED) is 0.888. The van der Waals surface area contributed by atoms with E-state index in [1.54, 1.807) is 0 Å². The van der Waals surface area contributed by atoms with Crippen LogP contribution in [0.4, 0.5) is 11.4 Å². The van der Waals surface area contributed by atoms with Crippen LogP contribution in [0.5, 0.6) is 5.75 Å². The van der Waals surface area contributed by atoms with Crippen molar-refractivity contribution in [1.29, 1.82) is 0 Å². The highest BCUT2D eigenvalue weighted by Crippen LogP contribution is 2.36. The molecule has 0 aromatic heterocycles. The Kier molecular flexibility index (Phi) is 2.81. The summed E-state index contributed by atoms with van der Waals surface area (Å²) in [6.07, 6.45) is 2.21. The summed E-state index contributed by atoms with van der Waals surface area (Å²) in [6.45, 7) is 0.0930. The van der Waals surface area contributed by atoms with Gasteiger partial charge < -0.3 is 15.4 Å². The van der Waals surface area contributed by atoms with E-state index < -0.39 is 0 Å². The maximum atomic E-state index is 11.4. The highest BCUT2D eigenvalue weighted by Gasteiger charge is 2.22. The zero-order chi connectivity index (χ0) is 14.2. The molecule has 4 nitrogen and oxygen atoms in total. The van der Waals surface area contributed by atoms with Gasteiger partial charge in [-0.2, -0.15) is 0 Å². The van der Waals surface area contributed by atoms with E-state index in [0.29, 0.717) is 6.04 Å². The number of rotatable bonds is 2. The van der Waals surface area contributed by atoms with Gasteiger partial charge in [0.1, 0.15) is 5.75 Å². The normalized spacial score (nSPS) is 19.2. The number of benzene rings is 2. The number of anilines is 2. The lowest BCUT2D eigenvalue weighted by Crippen LogP contribution is -2.25. The van der Waals surface area contributed by atoms with Crippen molar-refractivity contribution in [3.8, 4) is 5.75 Å². The molecule has 1 atom stereocenters. The molecule has 21 heavy (non-hydrogen) atoms. The van der Waals surface area contributed by atoms with Gasteiger partial charge in [0, 0.05) is 5.69 Å². The highest BCUT2D eigenvalue weighted by atomic mass is 16.5. The Morgan fingerprint density at radius 1 is 1.19 bits per heavy atom. The van der Waals surface area contributed by atoms with Crippen LogP contribution in [0.3, 0.4) is 0 Å². The molecule has 2 aliphatic rings. The fourth-order valence-electron chi connectivity index (χ4n) is 3.08. The van der Waals surface area contributed by atoms with Crippen molar-refractivity contribution in [1.82, 2.24) is 0 Å². The number of nitrogens with one attached hydrogen (secondary N) is 2. The summed E-state index contributed by atoms with van der Waals surface area (Å²) in [5, 5.41) is 6.40. The molecule has 2 N–H and O–H groups in total. The van der Waals surface area contributed by atoms with Crippen molar-refractivity contribution in [3.05, 3.63) is 53.6 Å². The third kappa shape index (κ3) is 2.23. The molecular formula is C17H16N2O2. The van der Waals surface area contributed by atoms with Crippen LogP contribution in [0.1, 0.15) is 23.6 Å². The molecule has 1 aliphatic carbocycles. The first-order valence-electron chi connectivity index (χ1n) is 7.21. The lowest BCUT2D eigenvalue weighted by Gasteiger charge is -2.21. The Balaban J connectivity index is 1.59. The monoisotopic (exact) mass is 280 g/mol. The molecule has 1 unspecified atom stereocenters. The van der Waals surface area contributed by atoms with Crippen molar-refractivity contribution in [2.75, 3.05) is 17.2 Å². The fourth-order valence-corrected chi connectivity index (χ4v) is 3.08. The van der Waals surface area contributed by atoms with Crippen LogP contribution in [0, 0.1) is 0 Å². The molecule has 1 heterocycles. The summed E-state index contributed by atoms with van der Waals surface area (Å²) in [5.41, 5.74) is 4.53. The molecular weight excluding hydrogens is 264 g/mol. The summed E-state index contributed by atoms with van der Waals surface area (Å²) in [7, 11) is 0. The Labute approximate surface area is 123 Å². The van der Waals surface area contributed by atoms with Crippen molar-refractivity contribution in [2.24, 2.45) is 0 Å². The number of amides is 1. The first-order chi connectivity index (χ1) is 10.3. The molecule has 106 valence electrons. The number of carbonyl (C=O) groups is 1. The van der Waals surface area contributed by atoms with E-state index in [9.17, 15) is 4.79 Å². The summed E-state index contributed by atoms with van der Waals surface area (Å²) < 4.78 is 5.38. The second kappa shape index (κ2) is 4.81. The molecule has 4 heteroatoms. The van der Waals surface area contributed by atoms with Gasteiger partial charge in [0.25, 0.3) is 5.91 Å². The number of hydrogen-bond acceptors (Lipinski definition) is 3. The lowest BCUT2D eigenvalue weighted by molar-refractivity contribution is -0.118. The molecule has 2 aromatic rings. The smallest absolute Gasteiger partial charge is 0.262 e. The molecule has 0 fully saturated rings. The second-order valence-corrected chi connectivity index (χ2v) is 5.48. The van der Waals surface area contributed by atoms with Crippen LogP contribution in [0.15, 0.2) is 42.5 Å². The highest BCUT2D eigenvalue weighted by molar-refractivity contribution is 5.96. The fraction of sp³-hybridized carbons (Fsp3) is 0.235. The lowest BCUT2D eigenvalue weighted by atomic mass is 10.1. The molecule has 0 radical (unpaired) electrons. The molecule has 4 rings (SSSR count). The Hall–Kier alpha value is -2.49.